The second-order valence-corrected chi connectivity index (χ2v) is 5.25. The Morgan fingerprint density at radius 3 is 2.62 bits per heavy atom. The molecule has 110 valence electrons. The number of halogens is 4. The first-order valence-corrected chi connectivity index (χ1v) is 6.67. The van der Waals surface area contributed by atoms with Gasteiger partial charge in [-0.15, -0.1) is 0 Å². The van der Waals surface area contributed by atoms with Crippen LogP contribution in [0.3, 0.4) is 0 Å². The Balaban J connectivity index is 2.38. The smallest absolute Gasteiger partial charge is 0.322 e. The average molecular weight is 359 g/mol. The number of aryl methyl sites for hydroxylation is 1. The van der Waals surface area contributed by atoms with Crippen molar-refractivity contribution >= 4 is 27.5 Å². The van der Waals surface area contributed by atoms with Gasteiger partial charge in [0.05, 0.1) is 11.1 Å². The first-order chi connectivity index (χ1) is 9.79. The number of anilines is 1. The van der Waals surface area contributed by atoms with E-state index in [2.05, 4.69) is 26.2 Å². The highest BCUT2D eigenvalue weighted by Crippen LogP contribution is 2.34. The third-order valence-electron chi connectivity index (χ3n) is 2.80. The zero-order chi connectivity index (χ0) is 15.6. The molecule has 0 spiro atoms. The van der Waals surface area contributed by atoms with E-state index in [-0.39, 0.29) is 4.47 Å². The number of rotatable bonds is 2. The maximum absolute atomic E-state index is 13.0. The summed E-state index contributed by atoms with van der Waals surface area (Å²) >= 11 is 2.98. The summed E-state index contributed by atoms with van der Waals surface area (Å²) in [4.78, 5) is 16.0. The van der Waals surface area contributed by atoms with Crippen LogP contribution in [0.15, 0.2) is 41.1 Å². The predicted molar refractivity (Wildman–Crippen MR) is 76.1 cm³/mol. The van der Waals surface area contributed by atoms with E-state index in [1.54, 1.807) is 6.92 Å². The van der Waals surface area contributed by atoms with E-state index >= 15 is 0 Å². The number of hydrogen-bond donors (Lipinski definition) is 1. The molecule has 21 heavy (non-hydrogen) atoms. The molecular weight excluding hydrogens is 349 g/mol. The predicted octanol–water partition coefficient (Wildman–Crippen LogP) is 4.42. The molecule has 2 rings (SSSR count). The van der Waals surface area contributed by atoms with Crippen LogP contribution in [0.25, 0.3) is 0 Å². The van der Waals surface area contributed by atoms with E-state index in [0.29, 0.717) is 11.3 Å². The quantitative estimate of drug-likeness (QED) is 0.862. The summed E-state index contributed by atoms with van der Waals surface area (Å²) in [5.41, 5.74) is -0.328. The van der Waals surface area contributed by atoms with Gasteiger partial charge in [0.2, 0.25) is 0 Å². The summed E-state index contributed by atoms with van der Waals surface area (Å²) in [6, 6.07) is 4.94. The summed E-state index contributed by atoms with van der Waals surface area (Å²) in [5, 5.41) is 2.46. The molecular formula is C14H10BrF3N2O. The first kappa shape index (κ1) is 15.5. The minimum Gasteiger partial charge on any atom is -0.322 e. The summed E-state index contributed by atoms with van der Waals surface area (Å²) in [6.07, 6.45) is -1.64. The monoisotopic (exact) mass is 358 g/mol. The highest BCUT2D eigenvalue weighted by molar-refractivity contribution is 9.10. The first-order valence-electron chi connectivity index (χ1n) is 5.88. The van der Waals surface area contributed by atoms with Crippen molar-refractivity contribution in [1.82, 2.24) is 4.98 Å². The van der Waals surface area contributed by atoms with Crippen molar-refractivity contribution in [3.8, 4) is 0 Å². The standard InChI is InChI=1S/C14H10BrF3N2O/c1-8-7-19-5-4-12(8)20-13(21)10-3-2-9(15)6-11(10)14(16,17)18/h2-7H,1H3,(H,19,20,21). The van der Waals surface area contributed by atoms with Crippen molar-refractivity contribution in [2.45, 2.75) is 13.1 Å². The third kappa shape index (κ3) is 3.60. The largest absolute Gasteiger partial charge is 0.417 e. The highest BCUT2D eigenvalue weighted by Gasteiger charge is 2.35. The third-order valence-corrected chi connectivity index (χ3v) is 3.29. The van der Waals surface area contributed by atoms with Crippen LogP contribution in [-0.2, 0) is 6.18 Å². The van der Waals surface area contributed by atoms with Crippen LogP contribution < -0.4 is 5.32 Å². The van der Waals surface area contributed by atoms with Crippen molar-refractivity contribution in [1.29, 1.82) is 0 Å². The molecule has 1 aromatic carbocycles. The number of carbonyl (C=O) groups excluding carboxylic acids is 1. The van der Waals surface area contributed by atoms with Gasteiger partial charge in [0.15, 0.2) is 0 Å². The molecule has 1 N–H and O–H groups in total. The van der Waals surface area contributed by atoms with Gasteiger partial charge in [-0.2, -0.15) is 13.2 Å². The Morgan fingerprint density at radius 1 is 1.29 bits per heavy atom. The minimum atomic E-state index is -4.61. The Labute approximate surface area is 127 Å². The van der Waals surface area contributed by atoms with E-state index in [9.17, 15) is 18.0 Å². The molecule has 0 fully saturated rings. The number of amides is 1. The maximum atomic E-state index is 13.0. The van der Waals surface area contributed by atoms with Crippen molar-refractivity contribution in [3.63, 3.8) is 0 Å². The zero-order valence-corrected chi connectivity index (χ0v) is 12.4. The molecule has 0 atom stereocenters. The van der Waals surface area contributed by atoms with E-state index in [4.69, 9.17) is 0 Å². The Morgan fingerprint density at radius 2 is 2.00 bits per heavy atom. The molecule has 7 heteroatoms. The molecule has 0 saturated heterocycles. The Hall–Kier alpha value is -1.89. The lowest BCUT2D eigenvalue weighted by atomic mass is 10.1. The number of nitrogens with one attached hydrogen (secondary N) is 1. The van der Waals surface area contributed by atoms with Crippen molar-refractivity contribution < 1.29 is 18.0 Å². The Kier molecular flexibility index (Phi) is 4.32. The number of aromatic nitrogens is 1. The number of carbonyl (C=O) groups is 1. The van der Waals surface area contributed by atoms with E-state index in [1.165, 1.54) is 24.5 Å². The van der Waals surface area contributed by atoms with Crippen LogP contribution in [0.5, 0.6) is 0 Å². The minimum absolute atomic E-state index is 0.256. The Bertz CT molecular complexity index is 686. The molecule has 3 nitrogen and oxygen atoms in total. The van der Waals surface area contributed by atoms with Gasteiger partial charge >= 0.3 is 6.18 Å². The lowest BCUT2D eigenvalue weighted by Gasteiger charge is -2.14. The molecule has 0 saturated carbocycles. The molecule has 1 heterocycles. The molecule has 0 aliphatic carbocycles. The summed E-state index contributed by atoms with van der Waals surface area (Å²) < 4.78 is 39.2. The topological polar surface area (TPSA) is 42.0 Å². The van der Waals surface area contributed by atoms with Crippen LogP contribution in [0.4, 0.5) is 18.9 Å². The van der Waals surface area contributed by atoms with Crippen LogP contribution >= 0.6 is 15.9 Å². The summed E-state index contributed by atoms with van der Waals surface area (Å²) in [5.74, 6) is -0.816. The SMILES string of the molecule is Cc1cnccc1NC(=O)c1ccc(Br)cc1C(F)(F)F. The van der Waals surface area contributed by atoms with Crippen LogP contribution in [-0.4, -0.2) is 10.9 Å². The van der Waals surface area contributed by atoms with Crippen LogP contribution in [0.2, 0.25) is 0 Å². The molecule has 2 aromatic rings. The molecule has 1 amide bonds. The second kappa shape index (κ2) is 5.85. The fourth-order valence-electron chi connectivity index (χ4n) is 1.75. The number of alkyl halides is 3. The van der Waals surface area contributed by atoms with Gasteiger partial charge in [-0.3, -0.25) is 9.78 Å². The maximum Gasteiger partial charge on any atom is 0.417 e. The van der Waals surface area contributed by atoms with Crippen molar-refractivity contribution in [3.05, 3.63) is 57.8 Å². The lowest BCUT2D eigenvalue weighted by Crippen LogP contribution is -2.19. The fraction of sp³-hybridized carbons (Fsp3) is 0.143. The fourth-order valence-corrected chi connectivity index (χ4v) is 2.11. The summed E-state index contributed by atoms with van der Waals surface area (Å²) in [7, 11) is 0. The van der Waals surface area contributed by atoms with Crippen LogP contribution in [0.1, 0.15) is 21.5 Å². The van der Waals surface area contributed by atoms with Gasteiger partial charge in [-0.05, 0) is 36.8 Å². The average Bonchev–Trinajstić information content (AvgIpc) is 2.40. The van der Waals surface area contributed by atoms with E-state index < -0.39 is 23.2 Å². The van der Waals surface area contributed by atoms with Crippen molar-refractivity contribution in [2.75, 3.05) is 5.32 Å². The van der Waals surface area contributed by atoms with Gasteiger partial charge in [0.1, 0.15) is 0 Å². The highest BCUT2D eigenvalue weighted by atomic mass is 79.9. The van der Waals surface area contributed by atoms with Gasteiger partial charge in [-0.25, -0.2) is 0 Å². The molecule has 1 aromatic heterocycles. The van der Waals surface area contributed by atoms with E-state index in [0.717, 1.165) is 12.1 Å². The van der Waals surface area contributed by atoms with Gasteiger partial charge in [-0.1, -0.05) is 15.9 Å². The summed E-state index contributed by atoms with van der Waals surface area (Å²) in [6.45, 7) is 1.70. The molecule has 0 radical (unpaired) electrons. The normalized spacial score (nSPS) is 11.3. The van der Waals surface area contributed by atoms with Gasteiger partial charge in [0.25, 0.3) is 5.91 Å². The zero-order valence-electron chi connectivity index (χ0n) is 10.8. The molecule has 0 aliphatic heterocycles. The number of hydrogen-bond acceptors (Lipinski definition) is 2. The van der Waals surface area contributed by atoms with Crippen molar-refractivity contribution in [2.24, 2.45) is 0 Å². The van der Waals surface area contributed by atoms with Gasteiger partial charge in [0, 0.05) is 22.6 Å². The second-order valence-electron chi connectivity index (χ2n) is 4.33. The molecule has 0 bridgehead atoms. The lowest BCUT2D eigenvalue weighted by molar-refractivity contribution is -0.137. The van der Waals surface area contributed by atoms with E-state index in [1.807, 2.05) is 0 Å². The number of benzene rings is 1. The van der Waals surface area contributed by atoms with Gasteiger partial charge < -0.3 is 5.32 Å². The number of nitrogens with zero attached hydrogens (tertiary/aromatic N) is 1. The number of pyridine rings is 1. The molecule has 0 aliphatic rings. The van der Waals surface area contributed by atoms with Crippen LogP contribution in [0, 0.1) is 6.92 Å². The molecule has 0 unspecified atom stereocenters.